The van der Waals surface area contributed by atoms with Gasteiger partial charge in [-0.05, 0) is 32.0 Å². The third kappa shape index (κ3) is 3.55. The average Bonchev–Trinajstić information content (AvgIpc) is 2.29. The molecular formula is C12H19N3O. The maximum Gasteiger partial charge on any atom is 0.321 e. The van der Waals surface area contributed by atoms with Crippen LogP contribution in [-0.4, -0.2) is 30.6 Å². The van der Waals surface area contributed by atoms with Crippen LogP contribution in [0.25, 0.3) is 0 Å². The Morgan fingerprint density at radius 2 is 2.06 bits per heavy atom. The van der Waals surface area contributed by atoms with Crippen molar-refractivity contribution in [2.45, 2.75) is 19.4 Å². The zero-order chi connectivity index (χ0) is 12.0. The van der Waals surface area contributed by atoms with Crippen LogP contribution in [0.5, 0.6) is 0 Å². The van der Waals surface area contributed by atoms with Crippen LogP contribution in [0.1, 0.15) is 13.3 Å². The fourth-order valence-electron chi connectivity index (χ4n) is 1.37. The van der Waals surface area contributed by atoms with E-state index >= 15 is 0 Å². The van der Waals surface area contributed by atoms with Crippen LogP contribution in [0.4, 0.5) is 10.5 Å². The molecule has 1 atom stereocenters. The van der Waals surface area contributed by atoms with Gasteiger partial charge in [-0.15, -0.1) is 0 Å². The predicted molar refractivity (Wildman–Crippen MR) is 66.4 cm³/mol. The van der Waals surface area contributed by atoms with Crippen LogP contribution < -0.4 is 11.1 Å². The number of para-hydroxylation sites is 1. The number of carbonyl (C=O) groups excluding carboxylic acids is 1. The number of amides is 2. The van der Waals surface area contributed by atoms with E-state index in [1.807, 2.05) is 37.3 Å². The van der Waals surface area contributed by atoms with Crippen molar-refractivity contribution in [3.63, 3.8) is 0 Å². The van der Waals surface area contributed by atoms with Crippen molar-refractivity contribution in [3.05, 3.63) is 30.3 Å². The fourth-order valence-corrected chi connectivity index (χ4v) is 1.37. The van der Waals surface area contributed by atoms with Gasteiger partial charge in [-0.1, -0.05) is 18.2 Å². The van der Waals surface area contributed by atoms with Gasteiger partial charge in [0.1, 0.15) is 0 Å². The summed E-state index contributed by atoms with van der Waals surface area (Å²) >= 11 is 0. The predicted octanol–water partition coefficient (Wildman–Crippen LogP) is 1.89. The number of nitrogens with two attached hydrogens (primary N) is 1. The summed E-state index contributed by atoms with van der Waals surface area (Å²) in [5.41, 5.74) is 6.27. The molecule has 0 saturated carbocycles. The first-order chi connectivity index (χ1) is 7.65. The lowest BCUT2D eigenvalue weighted by Crippen LogP contribution is -2.39. The lowest BCUT2D eigenvalue weighted by atomic mass is 10.2. The molecule has 2 amide bonds. The van der Waals surface area contributed by atoms with Crippen LogP contribution in [0.15, 0.2) is 30.3 Å². The molecule has 4 nitrogen and oxygen atoms in total. The highest BCUT2D eigenvalue weighted by Crippen LogP contribution is 2.08. The molecule has 3 N–H and O–H groups in total. The van der Waals surface area contributed by atoms with E-state index in [2.05, 4.69) is 5.32 Å². The van der Waals surface area contributed by atoms with E-state index in [-0.39, 0.29) is 12.1 Å². The number of hydrogen-bond donors (Lipinski definition) is 2. The summed E-state index contributed by atoms with van der Waals surface area (Å²) in [6.07, 6.45) is 0.804. The molecule has 1 unspecified atom stereocenters. The van der Waals surface area contributed by atoms with Gasteiger partial charge in [0.25, 0.3) is 0 Å². The van der Waals surface area contributed by atoms with E-state index in [0.29, 0.717) is 6.54 Å². The van der Waals surface area contributed by atoms with Gasteiger partial charge in [0.15, 0.2) is 0 Å². The minimum atomic E-state index is -0.104. The van der Waals surface area contributed by atoms with Gasteiger partial charge < -0.3 is 16.0 Å². The first-order valence-corrected chi connectivity index (χ1v) is 5.44. The van der Waals surface area contributed by atoms with Crippen molar-refractivity contribution in [2.75, 3.05) is 18.9 Å². The van der Waals surface area contributed by atoms with Crippen LogP contribution in [0.2, 0.25) is 0 Å². The highest BCUT2D eigenvalue weighted by Gasteiger charge is 2.14. The van der Waals surface area contributed by atoms with Crippen molar-refractivity contribution in [3.8, 4) is 0 Å². The standard InChI is InChI=1S/C12H19N3O/c1-10(8-9-13)15(2)12(16)14-11-6-4-3-5-7-11/h3-7,10H,8-9,13H2,1-2H3,(H,14,16). The Bertz CT molecular complexity index is 326. The molecule has 1 rings (SSSR count). The van der Waals surface area contributed by atoms with Crippen LogP contribution in [0.3, 0.4) is 0 Å². The molecule has 0 heterocycles. The topological polar surface area (TPSA) is 58.4 Å². The minimum Gasteiger partial charge on any atom is -0.330 e. The number of urea groups is 1. The molecule has 1 aromatic rings. The summed E-state index contributed by atoms with van der Waals surface area (Å²) in [7, 11) is 1.78. The number of nitrogens with zero attached hydrogens (tertiary/aromatic N) is 1. The van der Waals surface area contributed by atoms with Crippen molar-refractivity contribution in [1.29, 1.82) is 0 Å². The third-order valence-electron chi connectivity index (χ3n) is 2.59. The summed E-state index contributed by atoms with van der Waals surface area (Å²) in [5.74, 6) is 0. The van der Waals surface area contributed by atoms with Gasteiger partial charge in [-0.2, -0.15) is 0 Å². The molecule has 16 heavy (non-hydrogen) atoms. The molecule has 0 saturated heterocycles. The van der Waals surface area contributed by atoms with E-state index in [1.54, 1.807) is 11.9 Å². The maximum atomic E-state index is 11.8. The second kappa shape index (κ2) is 6.12. The zero-order valence-corrected chi connectivity index (χ0v) is 9.81. The average molecular weight is 221 g/mol. The largest absolute Gasteiger partial charge is 0.330 e. The molecule has 4 heteroatoms. The third-order valence-corrected chi connectivity index (χ3v) is 2.59. The smallest absolute Gasteiger partial charge is 0.321 e. The number of nitrogens with one attached hydrogen (secondary N) is 1. The van der Waals surface area contributed by atoms with E-state index in [4.69, 9.17) is 5.73 Å². The maximum absolute atomic E-state index is 11.8. The fraction of sp³-hybridized carbons (Fsp3) is 0.417. The summed E-state index contributed by atoms with van der Waals surface area (Å²) in [5, 5.41) is 2.83. The Morgan fingerprint density at radius 3 is 2.62 bits per heavy atom. The monoisotopic (exact) mass is 221 g/mol. The number of rotatable bonds is 4. The quantitative estimate of drug-likeness (QED) is 0.815. The molecule has 0 aliphatic heterocycles. The Labute approximate surface area is 96.4 Å². The molecular weight excluding hydrogens is 202 g/mol. The molecule has 0 aliphatic rings. The second-order valence-corrected chi connectivity index (χ2v) is 3.83. The van der Waals surface area contributed by atoms with Crippen LogP contribution >= 0.6 is 0 Å². The van der Waals surface area contributed by atoms with E-state index in [9.17, 15) is 4.79 Å². The summed E-state index contributed by atoms with van der Waals surface area (Å²) in [6.45, 7) is 2.57. The SMILES string of the molecule is CC(CCN)N(C)C(=O)Nc1ccccc1. The molecule has 0 spiro atoms. The lowest BCUT2D eigenvalue weighted by Gasteiger charge is -2.24. The number of anilines is 1. The van der Waals surface area contributed by atoms with Gasteiger partial charge >= 0.3 is 6.03 Å². The Kier molecular flexibility index (Phi) is 4.79. The van der Waals surface area contributed by atoms with Crippen molar-refractivity contribution >= 4 is 11.7 Å². The second-order valence-electron chi connectivity index (χ2n) is 3.83. The van der Waals surface area contributed by atoms with Gasteiger partial charge in [-0.25, -0.2) is 4.79 Å². The molecule has 0 aromatic heterocycles. The Morgan fingerprint density at radius 1 is 1.44 bits per heavy atom. The van der Waals surface area contributed by atoms with Crippen LogP contribution in [0, 0.1) is 0 Å². The minimum absolute atomic E-state index is 0.104. The van der Waals surface area contributed by atoms with E-state index in [0.717, 1.165) is 12.1 Å². The van der Waals surface area contributed by atoms with Gasteiger partial charge in [0.05, 0.1) is 0 Å². The normalized spacial score (nSPS) is 11.9. The zero-order valence-electron chi connectivity index (χ0n) is 9.81. The summed E-state index contributed by atoms with van der Waals surface area (Å²) < 4.78 is 0. The molecule has 0 bridgehead atoms. The van der Waals surface area contributed by atoms with E-state index < -0.39 is 0 Å². The van der Waals surface area contributed by atoms with Gasteiger partial charge in [0.2, 0.25) is 0 Å². The van der Waals surface area contributed by atoms with E-state index in [1.165, 1.54) is 0 Å². The number of carbonyl (C=O) groups is 1. The first kappa shape index (κ1) is 12.5. The Hall–Kier alpha value is -1.55. The summed E-state index contributed by atoms with van der Waals surface area (Å²) in [4.78, 5) is 13.5. The molecule has 0 aliphatic carbocycles. The first-order valence-electron chi connectivity index (χ1n) is 5.44. The van der Waals surface area contributed by atoms with Gasteiger partial charge in [-0.3, -0.25) is 0 Å². The lowest BCUT2D eigenvalue weighted by molar-refractivity contribution is 0.206. The highest BCUT2D eigenvalue weighted by atomic mass is 16.2. The van der Waals surface area contributed by atoms with Crippen molar-refractivity contribution < 1.29 is 4.79 Å². The molecule has 0 radical (unpaired) electrons. The molecule has 1 aromatic carbocycles. The Balaban J connectivity index is 2.52. The molecule has 88 valence electrons. The molecule has 0 fully saturated rings. The summed E-state index contributed by atoms with van der Waals surface area (Å²) in [6, 6.07) is 9.45. The van der Waals surface area contributed by atoms with Gasteiger partial charge in [0, 0.05) is 18.8 Å². The van der Waals surface area contributed by atoms with Crippen molar-refractivity contribution in [2.24, 2.45) is 5.73 Å². The number of benzene rings is 1. The number of hydrogen-bond acceptors (Lipinski definition) is 2. The highest BCUT2D eigenvalue weighted by molar-refractivity contribution is 5.89. The van der Waals surface area contributed by atoms with Crippen LogP contribution in [-0.2, 0) is 0 Å². The van der Waals surface area contributed by atoms with Crippen molar-refractivity contribution in [1.82, 2.24) is 4.90 Å².